The third-order valence-corrected chi connectivity index (χ3v) is 3.75. The lowest BCUT2D eigenvalue weighted by Crippen LogP contribution is -2.33. The summed E-state index contributed by atoms with van der Waals surface area (Å²) in [5, 5.41) is 3.77. The first-order valence-corrected chi connectivity index (χ1v) is 7.38. The van der Waals surface area contributed by atoms with Crippen molar-refractivity contribution in [2.24, 2.45) is 0 Å². The maximum absolute atomic E-state index is 13.9. The van der Waals surface area contributed by atoms with E-state index in [0.29, 0.717) is 23.4 Å². The molecule has 0 spiro atoms. The van der Waals surface area contributed by atoms with Crippen molar-refractivity contribution in [2.45, 2.75) is 25.8 Å². The summed E-state index contributed by atoms with van der Waals surface area (Å²) >= 11 is 6.08. The van der Waals surface area contributed by atoms with E-state index in [2.05, 4.69) is 5.32 Å². The van der Waals surface area contributed by atoms with Crippen LogP contribution in [0.4, 0.5) is 8.78 Å². The second-order valence-corrected chi connectivity index (χ2v) is 5.40. The monoisotopic (exact) mass is 309 g/mol. The maximum atomic E-state index is 13.9. The molecule has 0 aliphatic rings. The molecule has 2 aromatic rings. The highest BCUT2D eigenvalue weighted by Crippen LogP contribution is 2.21. The van der Waals surface area contributed by atoms with Gasteiger partial charge in [0, 0.05) is 16.6 Å². The van der Waals surface area contributed by atoms with E-state index in [1.54, 1.807) is 24.3 Å². The molecule has 1 atom stereocenters. The standard InChI is InChI=1S/C17H18ClF2N/c1-2-21-14(10-12-6-8-13(19)9-7-12)11-15-16(18)4-3-5-17(15)20/h3-9,14,21H,2,10-11H2,1H3. The van der Waals surface area contributed by atoms with E-state index in [4.69, 9.17) is 11.6 Å². The molecule has 1 nitrogen and oxygen atoms in total. The van der Waals surface area contributed by atoms with Gasteiger partial charge >= 0.3 is 0 Å². The van der Waals surface area contributed by atoms with Crippen LogP contribution < -0.4 is 5.32 Å². The molecular weight excluding hydrogens is 292 g/mol. The first-order valence-electron chi connectivity index (χ1n) is 7.01. The first-order chi connectivity index (χ1) is 10.1. The zero-order chi connectivity index (χ0) is 15.2. The summed E-state index contributed by atoms with van der Waals surface area (Å²) in [6, 6.07) is 11.1. The highest BCUT2D eigenvalue weighted by Gasteiger charge is 2.15. The Morgan fingerprint density at radius 3 is 2.38 bits per heavy atom. The molecule has 0 heterocycles. The summed E-state index contributed by atoms with van der Waals surface area (Å²) in [5.74, 6) is -0.541. The molecular formula is C17H18ClF2N. The van der Waals surface area contributed by atoms with Crippen molar-refractivity contribution in [3.05, 3.63) is 70.2 Å². The number of rotatable bonds is 6. The van der Waals surface area contributed by atoms with Gasteiger partial charge in [-0.3, -0.25) is 0 Å². The average molecular weight is 310 g/mol. The van der Waals surface area contributed by atoms with Gasteiger partial charge in [-0.1, -0.05) is 36.7 Å². The van der Waals surface area contributed by atoms with Crippen LogP contribution in [0.2, 0.25) is 5.02 Å². The summed E-state index contributed by atoms with van der Waals surface area (Å²) in [7, 11) is 0. The van der Waals surface area contributed by atoms with Crippen molar-refractivity contribution in [1.82, 2.24) is 5.32 Å². The Kier molecular flexibility index (Phi) is 5.71. The Morgan fingerprint density at radius 1 is 1.05 bits per heavy atom. The SMILES string of the molecule is CCNC(Cc1ccc(F)cc1)Cc1c(F)cccc1Cl. The van der Waals surface area contributed by atoms with Crippen LogP contribution in [0, 0.1) is 11.6 Å². The van der Waals surface area contributed by atoms with Gasteiger partial charge in [-0.15, -0.1) is 0 Å². The van der Waals surface area contributed by atoms with Crippen LogP contribution in [-0.2, 0) is 12.8 Å². The van der Waals surface area contributed by atoms with Gasteiger partial charge < -0.3 is 5.32 Å². The quantitative estimate of drug-likeness (QED) is 0.835. The molecule has 21 heavy (non-hydrogen) atoms. The number of hydrogen-bond acceptors (Lipinski definition) is 1. The number of hydrogen-bond donors (Lipinski definition) is 1. The third kappa shape index (κ3) is 4.51. The Bertz CT molecular complexity index is 564. The summed E-state index contributed by atoms with van der Waals surface area (Å²) in [5.41, 5.74) is 1.53. The Balaban J connectivity index is 2.13. The van der Waals surface area contributed by atoms with E-state index >= 15 is 0 Å². The second-order valence-electron chi connectivity index (χ2n) is 4.99. The predicted molar refractivity (Wildman–Crippen MR) is 82.7 cm³/mol. The summed E-state index contributed by atoms with van der Waals surface area (Å²) in [4.78, 5) is 0. The topological polar surface area (TPSA) is 12.0 Å². The highest BCUT2D eigenvalue weighted by molar-refractivity contribution is 6.31. The van der Waals surface area contributed by atoms with E-state index in [-0.39, 0.29) is 17.7 Å². The lowest BCUT2D eigenvalue weighted by molar-refractivity contribution is 0.505. The number of likely N-dealkylation sites (N-methyl/N-ethyl adjacent to an activating group) is 1. The van der Waals surface area contributed by atoms with Crippen LogP contribution >= 0.6 is 11.6 Å². The smallest absolute Gasteiger partial charge is 0.127 e. The molecule has 0 bridgehead atoms. The van der Waals surface area contributed by atoms with Crippen LogP contribution in [0.15, 0.2) is 42.5 Å². The van der Waals surface area contributed by atoms with Gasteiger partial charge in [0.15, 0.2) is 0 Å². The highest BCUT2D eigenvalue weighted by atomic mass is 35.5. The molecule has 0 saturated carbocycles. The zero-order valence-electron chi connectivity index (χ0n) is 11.9. The summed E-state index contributed by atoms with van der Waals surface area (Å²) in [6.07, 6.45) is 1.19. The van der Waals surface area contributed by atoms with Crippen molar-refractivity contribution in [3.63, 3.8) is 0 Å². The summed E-state index contributed by atoms with van der Waals surface area (Å²) < 4.78 is 26.8. The Morgan fingerprint density at radius 2 is 1.76 bits per heavy atom. The number of benzene rings is 2. The van der Waals surface area contributed by atoms with Crippen LogP contribution in [0.1, 0.15) is 18.1 Å². The molecule has 0 amide bonds. The zero-order valence-corrected chi connectivity index (χ0v) is 12.6. The molecule has 1 unspecified atom stereocenters. The number of halogens is 3. The van der Waals surface area contributed by atoms with Crippen molar-refractivity contribution in [2.75, 3.05) is 6.54 Å². The fourth-order valence-electron chi connectivity index (χ4n) is 2.38. The largest absolute Gasteiger partial charge is 0.314 e. The molecule has 1 N–H and O–H groups in total. The van der Waals surface area contributed by atoms with Gasteiger partial charge in [0.2, 0.25) is 0 Å². The summed E-state index contributed by atoms with van der Waals surface area (Å²) in [6.45, 7) is 2.78. The minimum absolute atomic E-state index is 0.0508. The van der Waals surface area contributed by atoms with Gasteiger partial charge in [-0.25, -0.2) is 8.78 Å². The molecule has 2 rings (SSSR count). The van der Waals surface area contributed by atoms with Crippen LogP contribution in [-0.4, -0.2) is 12.6 Å². The minimum Gasteiger partial charge on any atom is -0.314 e. The van der Waals surface area contributed by atoms with Crippen molar-refractivity contribution >= 4 is 11.6 Å². The molecule has 2 aromatic carbocycles. The normalized spacial score (nSPS) is 12.4. The molecule has 0 fully saturated rings. The van der Waals surface area contributed by atoms with E-state index in [1.807, 2.05) is 6.92 Å². The van der Waals surface area contributed by atoms with Crippen molar-refractivity contribution < 1.29 is 8.78 Å². The van der Waals surface area contributed by atoms with Gasteiger partial charge in [0.05, 0.1) is 0 Å². The van der Waals surface area contributed by atoms with E-state index in [0.717, 1.165) is 12.1 Å². The second kappa shape index (κ2) is 7.53. The molecule has 0 saturated heterocycles. The molecule has 4 heteroatoms. The van der Waals surface area contributed by atoms with Gasteiger partial charge in [-0.05, 0) is 49.2 Å². The molecule has 0 aliphatic carbocycles. The molecule has 112 valence electrons. The predicted octanol–water partition coefficient (Wildman–Crippen LogP) is 4.38. The maximum Gasteiger partial charge on any atom is 0.127 e. The first kappa shape index (κ1) is 15.9. The fourth-order valence-corrected chi connectivity index (χ4v) is 2.62. The van der Waals surface area contributed by atoms with Gasteiger partial charge in [0.1, 0.15) is 11.6 Å². The molecule has 0 aromatic heterocycles. The van der Waals surface area contributed by atoms with Crippen LogP contribution in [0.5, 0.6) is 0 Å². The Labute approximate surface area is 128 Å². The van der Waals surface area contributed by atoms with Crippen molar-refractivity contribution in [1.29, 1.82) is 0 Å². The Hall–Kier alpha value is -1.45. The average Bonchev–Trinajstić information content (AvgIpc) is 2.45. The van der Waals surface area contributed by atoms with Crippen LogP contribution in [0.3, 0.4) is 0 Å². The molecule has 0 radical (unpaired) electrons. The van der Waals surface area contributed by atoms with Gasteiger partial charge in [0.25, 0.3) is 0 Å². The van der Waals surface area contributed by atoms with Crippen LogP contribution in [0.25, 0.3) is 0 Å². The van der Waals surface area contributed by atoms with E-state index in [9.17, 15) is 8.78 Å². The van der Waals surface area contributed by atoms with Crippen molar-refractivity contribution in [3.8, 4) is 0 Å². The lowest BCUT2D eigenvalue weighted by Gasteiger charge is -2.19. The number of nitrogens with one attached hydrogen (secondary N) is 1. The third-order valence-electron chi connectivity index (χ3n) is 3.40. The van der Waals surface area contributed by atoms with Gasteiger partial charge in [-0.2, -0.15) is 0 Å². The fraction of sp³-hybridized carbons (Fsp3) is 0.294. The minimum atomic E-state index is -0.287. The van der Waals surface area contributed by atoms with E-state index in [1.165, 1.54) is 18.2 Å². The lowest BCUT2D eigenvalue weighted by atomic mass is 9.98. The molecule has 0 aliphatic heterocycles. The van der Waals surface area contributed by atoms with E-state index < -0.39 is 0 Å².